The highest BCUT2D eigenvalue weighted by Gasteiger charge is 2.45. The summed E-state index contributed by atoms with van der Waals surface area (Å²) in [6.07, 6.45) is 5.24. The number of hydrogen-bond donors (Lipinski definition) is 4. The summed E-state index contributed by atoms with van der Waals surface area (Å²) in [5, 5.41) is 19.3. The third-order valence-corrected chi connectivity index (χ3v) is 7.32. The van der Waals surface area contributed by atoms with E-state index in [1.165, 1.54) is 18.3 Å². The quantitative estimate of drug-likeness (QED) is 0.253. The van der Waals surface area contributed by atoms with E-state index >= 15 is 4.39 Å². The van der Waals surface area contributed by atoms with Crippen LogP contribution in [0.25, 0.3) is 10.9 Å². The number of anilines is 2. The maximum Gasteiger partial charge on any atom is 0.130 e. The summed E-state index contributed by atoms with van der Waals surface area (Å²) in [6, 6.07) is 8.06. The molecule has 1 aliphatic heterocycles. The molecule has 2 aromatic carbocycles. The van der Waals surface area contributed by atoms with Gasteiger partial charge in [0.25, 0.3) is 0 Å². The first-order chi connectivity index (χ1) is 18.3. The number of nitrogens with zero attached hydrogens (tertiary/aromatic N) is 3. The molecule has 10 heteroatoms. The van der Waals surface area contributed by atoms with Gasteiger partial charge in [-0.15, -0.1) is 5.53 Å². The van der Waals surface area contributed by atoms with Crippen molar-refractivity contribution in [3.8, 4) is 6.07 Å². The van der Waals surface area contributed by atoms with E-state index in [1.54, 1.807) is 24.4 Å². The Morgan fingerprint density at radius 3 is 2.71 bits per heavy atom. The average Bonchev–Trinajstić information content (AvgIpc) is 3.39. The van der Waals surface area contributed by atoms with E-state index in [0.29, 0.717) is 45.1 Å². The topological polar surface area (TPSA) is 88.0 Å². The van der Waals surface area contributed by atoms with Crippen molar-refractivity contribution in [2.45, 2.75) is 52.1 Å². The molecule has 0 saturated heterocycles. The fraction of sp³-hybridized carbons (Fsp3) is 0.357. The first kappa shape index (κ1) is 25.1. The number of nitrogens with one attached hydrogen (secondary N) is 4. The molecule has 1 atom stereocenters. The van der Waals surface area contributed by atoms with Crippen molar-refractivity contribution >= 4 is 45.5 Å². The molecule has 198 valence electrons. The summed E-state index contributed by atoms with van der Waals surface area (Å²) in [5.41, 5.74) is 8.19. The molecule has 0 spiro atoms. The first-order valence-electron chi connectivity index (χ1n) is 12.9. The van der Waals surface area contributed by atoms with Gasteiger partial charge in [0.1, 0.15) is 11.9 Å². The lowest BCUT2D eigenvalue weighted by molar-refractivity contribution is 0.190. The van der Waals surface area contributed by atoms with Crippen molar-refractivity contribution in [2.24, 2.45) is 5.41 Å². The number of nitriles is 1. The number of rotatable bonds is 7. The summed E-state index contributed by atoms with van der Waals surface area (Å²) in [4.78, 5) is 4.41. The number of pyridine rings is 1. The number of benzene rings is 2. The maximum atomic E-state index is 15.3. The van der Waals surface area contributed by atoms with Crippen molar-refractivity contribution in [2.75, 3.05) is 17.2 Å². The fourth-order valence-corrected chi connectivity index (χ4v) is 4.79. The van der Waals surface area contributed by atoms with E-state index in [4.69, 9.17) is 23.2 Å². The third-order valence-electron chi connectivity index (χ3n) is 6.72. The van der Waals surface area contributed by atoms with Crippen LogP contribution in [0, 0.1) is 22.6 Å². The second kappa shape index (κ2) is 9.81. The van der Waals surface area contributed by atoms with Gasteiger partial charge < -0.3 is 16.1 Å². The molecule has 3 aromatic rings. The second-order valence-electron chi connectivity index (χ2n) is 11.2. The Hall–Kier alpha value is -3.25. The fourth-order valence-electron chi connectivity index (χ4n) is 4.26. The van der Waals surface area contributed by atoms with Gasteiger partial charge in [0.05, 0.1) is 40.4 Å². The summed E-state index contributed by atoms with van der Waals surface area (Å²) >= 11 is 13.2. The summed E-state index contributed by atoms with van der Waals surface area (Å²) in [7, 11) is 0. The third kappa shape index (κ3) is 5.19. The Morgan fingerprint density at radius 1 is 1.29 bits per heavy atom. The zero-order chi connectivity index (χ0) is 28.2. The number of fused-ring (bicyclic) bond motifs is 1. The van der Waals surface area contributed by atoms with Crippen LogP contribution >= 0.6 is 23.2 Å². The highest BCUT2D eigenvalue weighted by atomic mass is 35.5. The lowest BCUT2D eigenvalue weighted by Crippen LogP contribution is -2.43. The van der Waals surface area contributed by atoms with E-state index in [0.717, 1.165) is 12.8 Å². The second-order valence-corrected chi connectivity index (χ2v) is 12.0. The van der Waals surface area contributed by atoms with Gasteiger partial charge in [-0.2, -0.15) is 5.26 Å². The highest BCUT2D eigenvalue weighted by Crippen LogP contribution is 2.43. The molecular formula is C28H30Cl2FN7. The Morgan fingerprint density at radius 2 is 2.05 bits per heavy atom. The molecule has 0 bridgehead atoms. The van der Waals surface area contributed by atoms with Crippen molar-refractivity contribution < 1.29 is 5.76 Å². The van der Waals surface area contributed by atoms with Gasteiger partial charge in [-0.1, -0.05) is 50.0 Å². The molecule has 38 heavy (non-hydrogen) atoms. The van der Waals surface area contributed by atoms with E-state index in [9.17, 15) is 6.63 Å². The van der Waals surface area contributed by atoms with Crippen LogP contribution in [0.3, 0.4) is 0 Å². The van der Waals surface area contributed by atoms with Crippen LogP contribution in [0.1, 0.15) is 59.1 Å². The van der Waals surface area contributed by atoms with Gasteiger partial charge in [0.15, 0.2) is 0 Å². The molecule has 1 aromatic heterocycles. The number of hydrazine groups is 2. The molecule has 2 heterocycles. The van der Waals surface area contributed by atoms with Gasteiger partial charge in [-0.25, -0.2) is 4.39 Å². The van der Waals surface area contributed by atoms with Crippen molar-refractivity contribution in [1.82, 2.24) is 21.0 Å². The van der Waals surface area contributed by atoms with Crippen molar-refractivity contribution in [3.63, 3.8) is 0 Å². The predicted molar refractivity (Wildman–Crippen MR) is 151 cm³/mol. The molecule has 7 nitrogen and oxygen atoms in total. The first-order valence-corrected chi connectivity index (χ1v) is 13.1. The zero-order valence-electron chi connectivity index (χ0n) is 22.6. The molecule has 1 saturated carbocycles. The highest BCUT2D eigenvalue weighted by molar-refractivity contribution is 6.36. The SMILES string of the molecule is [2H]C(Nc1cc(Cl)c2ncc(C#N)c(NCC(C)(C)C)c2c1)(C1=CN(C2(C)CC2)NN1)c1c(F)cccc1Cl. The van der Waals surface area contributed by atoms with Gasteiger partial charge in [-0.05, 0) is 49.4 Å². The monoisotopic (exact) mass is 554 g/mol. The van der Waals surface area contributed by atoms with Crippen LogP contribution < -0.4 is 21.6 Å². The smallest absolute Gasteiger partial charge is 0.130 e. The van der Waals surface area contributed by atoms with Gasteiger partial charge >= 0.3 is 0 Å². The van der Waals surface area contributed by atoms with Gasteiger partial charge in [0, 0.05) is 40.6 Å². The van der Waals surface area contributed by atoms with Crippen LogP contribution in [-0.2, 0) is 0 Å². The molecule has 1 unspecified atom stereocenters. The molecule has 4 N–H and O–H groups in total. The van der Waals surface area contributed by atoms with Gasteiger partial charge in [0.2, 0.25) is 0 Å². The molecule has 0 amide bonds. The van der Waals surface area contributed by atoms with Crippen LogP contribution in [0.2, 0.25) is 10.0 Å². The average molecular weight is 556 g/mol. The summed E-state index contributed by atoms with van der Waals surface area (Å²) in [5.74, 6) is -0.628. The number of aromatic nitrogens is 1. The van der Waals surface area contributed by atoms with Crippen molar-refractivity contribution in [1.29, 1.82) is 5.26 Å². The van der Waals surface area contributed by atoms with E-state index < -0.39 is 11.8 Å². The normalized spacial score (nSPS) is 18.2. The van der Waals surface area contributed by atoms with Crippen molar-refractivity contribution in [3.05, 3.63) is 75.4 Å². The molecule has 1 aliphatic carbocycles. The molecule has 1 fully saturated rings. The lowest BCUT2D eigenvalue weighted by Gasteiger charge is -2.24. The Labute approximate surface area is 233 Å². The minimum atomic E-state index is -1.87. The molecule has 2 aliphatic rings. The Bertz CT molecular complexity index is 1510. The van der Waals surface area contributed by atoms with Crippen LogP contribution in [-0.4, -0.2) is 22.1 Å². The molecule has 5 rings (SSSR count). The van der Waals surface area contributed by atoms with Crippen LogP contribution in [0.15, 0.2) is 48.4 Å². The van der Waals surface area contributed by atoms with E-state index in [-0.39, 0.29) is 21.5 Å². The predicted octanol–water partition coefficient (Wildman–Crippen LogP) is 6.88. The number of halogens is 3. The lowest BCUT2D eigenvalue weighted by atomic mass is 9.96. The molecule has 0 radical (unpaired) electrons. The zero-order valence-corrected chi connectivity index (χ0v) is 23.2. The minimum Gasteiger partial charge on any atom is -0.383 e. The standard InChI is InChI=1S/C28H30Cl2FN7/c1-27(2,3)15-34-24-16(12-32)13-33-25-18(24)10-17(11-20(25)30)35-26(23-19(29)6-5-7-21(23)31)22-14-38(37-36-22)28(4)8-9-28/h5-7,10-11,13-14,26,35-37H,8-9,15H2,1-4H3,(H,33,34)/i26D. The van der Waals surface area contributed by atoms with Crippen LogP contribution in [0.4, 0.5) is 15.8 Å². The van der Waals surface area contributed by atoms with Gasteiger partial charge in [-0.3, -0.25) is 9.99 Å². The Kier molecular flexibility index (Phi) is 6.47. The minimum absolute atomic E-state index is 0.0405. The van der Waals surface area contributed by atoms with E-state index in [1.807, 2.05) is 5.01 Å². The summed E-state index contributed by atoms with van der Waals surface area (Å²) in [6.45, 7) is 8.96. The number of hydrogen-bond acceptors (Lipinski definition) is 7. The maximum absolute atomic E-state index is 15.3. The summed E-state index contributed by atoms with van der Waals surface area (Å²) < 4.78 is 24.9. The van der Waals surface area contributed by atoms with E-state index in [2.05, 4.69) is 60.3 Å². The molecular weight excluding hydrogens is 524 g/mol. The largest absolute Gasteiger partial charge is 0.383 e. The Balaban J connectivity index is 1.64. The van der Waals surface area contributed by atoms with Crippen LogP contribution in [0.5, 0.6) is 0 Å².